The van der Waals surface area contributed by atoms with Crippen LogP contribution in [0.25, 0.3) is 53.7 Å². The quantitative estimate of drug-likeness (QED) is 0.149. The Morgan fingerprint density at radius 3 is 2.04 bits per heavy atom. The Labute approximate surface area is 355 Å². The molecular formula is C50H36N3OPtS2-3. The number of pyridine rings is 1. The molecule has 3 aromatic heterocycles. The van der Waals surface area contributed by atoms with E-state index in [0.29, 0.717) is 10.8 Å². The summed E-state index contributed by atoms with van der Waals surface area (Å²) in [5.41, 5.74) is 12.1. The minimum absolute atomic E-state index is 0. The Balaban J connectivity index is 0.00000422. The van der Waals surface area contributed by atoms with Crippen LogP contribution in [0, 0.1) is 18.8 Å². The van der Waals surface area contributed by atoms with Crippen molar-refractivity contribution in [3.8, 4) is 44.3 Å². The minimum Gasteiger partial charge on any atom is -0.493 e. The van der Waals surface area contributed by atoms with Crippen molar-refractivity contribution in [2.75, 3.05) is 9.80 Å². The number of rotatable bonds is 7. The van der Waals surface area contributed by atoms with Crippen LogP contribution in [0.4, 0.5) is 22.7 Å². The maximum absolute atomic E-state index is 6.63. The summed E-state index contributed by atoms with van der Waals surface area (Å²) in [6, 6.07) is 58.5. The number of hydrogen-bond donors (Lipinski definition) is 0. The molecule has 0 amide bonds. The van der Waals surface area contributed by atoms with E-state index < -0.39 is 0 Å². The molecule has 0 N–H and O–H groups in total. The maximum Gasteiger partial charge on any atom is 0.107 e. The van der Waals surface area contributed by atoms with Gasteiger partial charge in [0.05, 0.1) is 0 Å². The van der Waals surface area contributed by atoms with Crippen LogP contribution in [0.1, 0.15) is 26.3 Å². The first-order valence-corrected chi connectivity index (χ1v) is 20.4. The Bertz CT molecular complexity index is 2820. The molecular weight excluding hydrogens is 918 g/mol. The number of ether oxygens (including phenoxy) is 1. The first kappa shape index (κ1) is 37.1. The molecule has 4 heterocycles. The zero-order valence-corrected chi connectivity index (χ0v) is 35.4. The van der Waals surface area contributed by atoms with Gasteiger partial charge in [-0.05, 0) is 51.8 Å². The summed E-state index contributed by atoms with van der Waals surface area (Å²) < 4.78 is 8.97. The summed E-state index contributed by atoms with van der Waals surface area (Å²) in [6.07, 6.45) is 1.93. The minimum atomic E-state index is 0. The number of benzene rings is 6. The monoisotopic (exact) mass is 953 g/mol. The Kier molecular flexibility index (Phi) is 9.82. The first-order valence-electron chi connectivity index (χ1n) is 18.7. The molecule has 1 aliphatic rings. The van der Waals surface area contributed by atoms with E-state index in [9.17, 15) is 0 Å². The van der Waals surface area contributed by atoms with Gasteiger partial charge in [-0.3, -0.25) is 4.98 Å². The summed E-state index contributed by atoms with van der Waals surface area (Å²) >= 11 is 3.35. The van der Waals surface area contributed by atoms with E-state index in [4.69, 9.17) is 9.72 Å². The number of para-hydroxylation sites is 3. The molecule has 0 unspecified atom stereocenters. The summed E-state index contributed by atoms with van der Waals surface area (Å²) in [4.78, 5) is 9.39. The maximum atomic E-state index is 6.63. The first-order chi connectivity index (χ1) is 27.4. The average molecular weight is 954 g/mol. The zero-order valence-electron chi connectivity index (χ0n) is 31.5. The molecule has 0 atom stereocenters. The van der Waals surface area contributed by atoms with Crippen molar-refractivity contribution in [2.24, 2.45) is 0 Å². The van der Waals surface area contributed by atoms with Gasteiger partial charge in [0, 0.05) is 71.6 Å². The number of anilines is 4. The second kappa shape index (κ2) is 15.1. The van der Waals surface area contributed by atoms with Gasteiger partial charge in [-0.2, -0.15) is 22.8 Å². The van der Waals surface area contributed by atoms with Gasteiger partial charge in [0.15, 0.2) is 0 Å². The summed E-state index contributed by atoms with van der Waals surface area (Å²) in [7, 11) is 0. The molecule has 4 nitrogen and oxygen atoms in total. The Morgan fingerprint density at radius 2 is 1.33 bits per heavy atom. The Hall–Kier alpha value is -5.52. The smallest absolute Gasteiger partial charge is 0.107 e. The van der Waals surface area contributed by atoms with Gasteiger partial charge in [-0.25, -0.2) is 0 Å². The summed E-state index contributed by atoms with van der Waals surface area (Å²) in [5.74, 6) is 0.625. The normalized spacial score (nSPS) is 12.5. The van der Waals surface area contributed by atoms with Crippen LogP contribution in [0.5, 0.6) is 10.8 Å². The molecule has 282 valence electrons. The average Bonchev–Trinajstić information content (AvgIpc) is 3.97. The number of fused-ring (bicyclic) bond motifs is 3. The predicted molar refractivity (Wildman–Crippen MR) is 236 cm³/mol. The number of nitrogens with zero attached hydrogens (tertiary/aromatic N) is 3. The molecule has 10 rings (SSSR count). The van der Waals surface area contributed by atoms with Crippen LogP contribution in [0.2, 0.25) is 0 Å². The fraction of sp³-hybridized carbons (Fsp3) is 0.0800. The molecule has 7 heteroatoms. The molecule has 6 aromatic carbocycles. The van der Waals surface area contributed by atoms with Gasteiger partial charge < -0.3 is 14.5 Å². The van der Waals surface area contributed by atoms with Crippen molar-refractivity contribution in [2.45, 2.75) is 26.2 Å². The van der Waals surface area contributed by atoms with E-state index in [1.807, 2.05) is 18.3 Å². The van der Waals surface area contributed by atoms with Crippen LogP contribution in [0.3, 0.4) is 0 Å². The van der Waals surface area contributed by atoms with Crippen molar-refractivity contribution in [1.82, 2.24) is 4.98 Å². The summed E-state index contributed by atoms with van der Waals surface area (Å²) in [5, 5.41) is 5.05. The third kappa shape index (κ3) is 6.86. The molecule has 9 aromatic rings. The fourth-order valence-corrected chi connectivity index (χ4v) is 9.41. The third-order valence-corrected chi connectivity index (χ3v) is 12.1. The molecule has 0 aliphatic carbocycles. The van der Waals surface area contributed by atoms with E-state index in [-0.39, 0.29) is 26.5 Å². The van der Waals surface area contributed by atoms with E-state index >= 15 is 0 Å². The van der Waals surface area contributed by atoms with E-state index in [0.717, 1.165) is 66.3 Å². The SMILES string of the molecule is CC(C)(C)c1ccnc(-c2c3[c-]c(Oc4[c-]c(N5[CH-]N(c6c(-c7ccccc7)cccc6-c6ccccc6)c6ccccc65)ccc4)sc3cc3sccc23)c1.[Pt]. The summed E-state index contributed by atoms with van der Waals surface area (Å²) in [6.45, 7) is 8.89. The number of thiophene rings is 2. The fourth-order valence-electron chi connectivity index (χ4n) is 7.59. The van der Waals surface area contributed by atoms with Gasteiger partial charge in [-0.1, -0.05) is 140 Å². The van der Waals surface area contributed by atoms with Crippen LogP contribution < -0.4 is 14.5 Å². The third-order valence-electron chi connectivity index (χ3n) is 10.3. The van der Waals surface area contributed by atoms with Gasteiger partial charge in [0.2, 0.25) is 0 Å². The molecule has 0 bridgehead atoms. The van der Waals surface area contributed by atoms with E-state index in [2.05, 4.69) is 188 Å². The zero-order chi connectivity index (χ0) is 37.8. The predicted octanol–water partition coefficient (Wildman–Crippen LogP) is 14.6. The number of aromatic nitrogens is 1. The van der Waals surface area contributed by atoms with Gasteiger partial charge in [0.25, 0.3) is 0 Å². The van der Waals surface area contributed by atoms with Gasteiger partial charge in [-0.15, -0.1) is 48.0 Å². The second-order valence-electron chi connectivity index (χ2n) is 14.9. The molecule has 57 heavy (non-hydrogen) atoms. The van der Waals surface area contributed by atoms with Gasteiger partial charge >= 0.3 is 0 Å². The van der Waals surface area contributed by atoms with E-state index in [1.165, 1.54) is 15.6 Å². The van der Waals surface area contributed by atoms with Crippen LogP contribution in [0.15, 0.2) is 157 Å². The van der Waals surface area contributed by atoms with Crippen LogP contribution in [-0.4, -0.2) is 4.98 Å². The van der Waals surface area contributed by atoms with Crippen molar-refractivity contribution < 1.29 is 25.8 Å². The van der Waals surface area contributed by atoms with Crippen LogP contribution in [-0.2, 0) is 26.5 Å². The van der Waals surface area contributed by atoms with Gasteiger partial charge in [0.1, 0.15) is 5.06 Å². The van der Waals surface area contributed by atoms with Crippen molar-refractivity contribution in [3.05, 3.63) is 182 Å². The molecule has 0 spiro atoms. The Morgan fingerprint density at radius 1 is 0.667 bits per heavy atom. The van der Waals surface area contributed by atoms with E-state index in [1.54, 1.807) is 22.7 Å². The second-order valence-corrected chi connectivity index (χ2v) is 16.9. The molecule has 0 fully saturated rings. The topological polar surface area (TPSA) is 28.6 Å². The molecule has 0 saturated carbocycles. The van der Waals surface area contributed by atoms with Crippen molar-refractivity contribution in [3.63, 3.8) is 0 Å². The largest absolute Gasteiger partial charge is 0.493 e. The van der Waals surface area contributed by atoms with Crippen molar-refractivity contribution >= 4 is 65.6 Å². The molecule has 1 aliphatic heterocycles. The number of hydrogen-bond acceptors (Lipinski definition) is 6. The molecule has 0 saturated heterocycles. The molecule has 0 radical (unpaired) electrons. The van der Waals surface area contributed by atoms with Crippen LogP contribution >= 0.6 is 22.7 Å². The van der Waals surface area contributed by atoms with Crippen molar-refractivity contribution in [1.29, 1.82) is 0 Å². The standard InChI is InChI=1S/C50H36N3OS2.Pt/c1-50(2,3)35-24-26-51-42(28-35)48-40-25-27-55-45(40)31-46-41(48)30-47(56-46)54-37-19-12-18-36(29-37)52-32-53(44-23-11-10-22-43(44)52)49-38(33-14-6-4-7-15-33)20-13-21-39(49)34-16-8-5-9-17-34;/h4-28,31-32H,1-3H3;/q-3;.